The van der Waals surface area contributed by atoms with Gasteiger partial charge in [0.25, 0.3) is 0 Å². The average molecular weight is 296 g/mol. The zero-order valence-corrected chi connectivity index (χ0v) is 13.5. The van der Waals surface area contributed by atoms with Crippen molar-refractivity contribution >= 4 is 6.09 Å². The van der Waals surface area contributed by atoms with Crippen molar-refractivity contribution in [1.82, 2.24) is 9.80 Å². The van der Waals surface area contributed by atoms with E-state index in [0.29, 0.717) is 18.0 Å². The van der Waals surface area contributed by atoms with Crippen LogP contribution < -0.4 is 0 Å². The molecule has 5 nitrogen and oxygen atoms in total. The van der Waals surface area contributed by atoms with Crippen LogP contribution in [0.4, 0.5) is 4.79 Å². The van der Waals surface area contributed by atoms with Crippen molar-refractivity contribution in [3.63, 3.8) is 0 Å². The first-order chi connectivity index (χ1) is 9.92. The Balaban J connectivity index is 1.42. The van der Waals surface area contributed by atoms with Crippen molar-refractivity contribution < 1.29 is 14.3 Å². The molecule has 0 spiro atoms. The van der Waals surface area contributed by atoms with Crippen LogP contribution in [0.2, 0.25) is 0 Å². The van der Waals surface area contributed by atoms with Crippen LogP contribution in [0.1, 0.15) is 40.0 Å². The largest absolute Gasteiger partial charge is 0.444 e. The minimum absolute atomic E-state index is 0.157. The third kappa shape index (κ3) is 3.51. The van der Waals surface area contributed by atoms with Crippen LogP contribution in [0.15, 0.2) is 0 Å². The van der Waals surface area contributed by atoms with Gasteiger partial charge in [-0.1, -0.05) is 0 Å². The predicted octanol–water partition coefficient (Wildman–Crippen LogP) is 2.11. The zero-order valence-electron chi connectivity index (χ0n) is 13.5. The van der Waals surface area contributed by atoms with Gasteiger partial charge in [0.1, 0.15) is 5.60 Å². The lowest BCUT2D eigenvalue weighted by Crippen LogP contribution is -2.64. The lowest BCUT2D eigenvalue weighted by molar-refractivity contribution is -0.134. The number of fused-ring (bicyclic) bond motifs is 2. The molecule has 0 radical (unpaired) electrons. The second-order valence-electron chi connectivity index (χ2n) is 7.69. The van der Waals surface area contributed by atoms with Gasteiger partial charge in [-0.2, -0.15) is 0 Å². The molecule has 0 saturated carbocycles. The molecular weight excluding hydrogens is 268 g/mol. The van der Waals surface area contributed by atoms with Gasteiger partial charge >= 0.3 is 6.09 Å². The second-order valence-corrected chi connectivity index (χ2v) is 7.69. The monoisotopic (exact) mass is 296 g/mol. The number of nitrogens with zero attached hydrogens (tertiary/aromatic N) is 2. The van der Waals surface area contributed by atoms with Gasteiger partial charge < -0.3 is 14.4 Å². The maximum Gasteiger partial charge on any atom is 0.410 e. The maximum atomic E-state index is 12.0. The molecule has 2 unspecified atom stereocenters. The van der Waals surface area contributed by atoms with Crippen LogP contribution in [-0.4, -0.2) is 66.4 Å². The fraction of sp³-hybridized carbons (Fsp3) is 0.938. The Morgan fingerprint density at radius 2 is 1.81 bits per heavy atom. The van der Waals surface area contributed by atoms with E-state index in [1.807, 2.05) is 25.7 Å². The molecule has 2 bridgehead atoms. The molecule has 0 N–H and O–H groups in total. The van der Waals surface area contributed by atoms with E-state index in [1.54, 1.807) is 0 Å². The number of morpholine rings is 1. The van der Waals surface area contributed by atoms with E-state index in [1.165, 1.54) is 13.0 Å². The highest BCUT2D eigenvalue weighted by molar-refractivity contribution is 5.68. The van der Waals surface area contributed by atoms with Gasteiger partial charge in [0, 0.05) is 31.7 Å². The molecule has 3 aliphatic heterocycles. The number of carbonyl (C=O) groups is 1. The lowest BCUT2D eigenvalue weighted by atomic mass is 9.87. The number of rotatable bonds is 2. The van der Waals surface area contributed by atoms with E-state index >= 15 is 0 Å². The summed E-state index contributed by atoms with van der Waals surface area (Å²) in [7, 11) is 0. The molecule has 5 heteroatoms. The second kappa shape index (κ2) is 5.76. The summed E-state index contributed by atoms with van der Waals surface area (Å²) in [6.07, 6.45) is 3.35. The normalized spacial score (nSPS) is 30.9. The highest BCUT2D eigenvalue weighted by Gasteiger charge is 2.43. The van der Waals surface area contributed by atoms with Gasteiger partial charge in [0.15, 0.2) is 0 Å². The summed E-state index contributed by atoms with van der Waals surface area (Å²) in [4.78, 5) is 16.5. The Hall–Kier alpha value is -0.810. The van der Waals surface area contributed by atoms with E-state index in [-0.39, 0.29) is 6.09 Å². The predicted molar refractivity (Wildman–Crippen MR) is 80.2 cm³/mol. The number of amides is 1. The van der Waals surface area contributed by atoms with Gasteiger partial charge in [0.05, 0.1) is 13.2 Å². The van der Waals surface area contributed by atoms with Gasteiger partial charge in [-0.25, -0.2) is 4.79 Å². The zero-order chi connectivity index (χ0) is 15.0. The molecule has 3 fully saturated rings. The Bertz CT molecular complexity index is 371. The van der Waals surface area contributed by atoms with E-state index in [9.17, 15) is 4.79 Å². The molecule has 2 atom stereocenters. The van der Waals surface area contributed by atoms with Crippen molar-refractivity contribution in [3.8, 4) is 0 Å². The van der Waals surface area contributed by atoms with Gasteiger partial charge in [-0.05, 0) is 46.0 Å². The maximum absolute atomic E-state index is 12.0. The molecular formula is C16H28N2O3. The highest BCUT2D eigenvalue weighted by Crippen LogP contribution is 2.33. The molecule has 3 saturated heterocycles. The van der Waals surface area contributed by atoms with E-state index in [2.05, 4.69) is 4.90 Å². The minimum Gasteiger partial charge on any atom is -0.444 e. The van der Waals surface area contributed by atoms with Crippen molar-refractivity contribution in [2.75, 3.05) is 32.8 Å². The fourth-order valence-electron chi connectivity index (χ4n) is 3.63. The number of hydrogen-bond donors (Lipinski definition) is 0. The van der Waals surface area contributed by atoms with Crippen molar-refractivity contribution in [3.05, 3.63) is 0 Å². The number of carbonyl (C=O) groups excluding carboxylic acids is 1. The summed E-state index contributed by atoms with van der Waals surface area (Å²) < 4.78 is 11.0. The first-order valence-corrected chi connectivity index (χ1v) is 8.24. The van der Waals surface area contributed by atoms with Crippen LogP contribution in [0.3, 0.4) is 0 Å². The van der Waals surface area contributed by atoms with E-state index < -0.39 is 5.60 Å². The first-order valence-electron chi connectivity index (χ1n) is 8.24. The minimum atomic E-state index is -0.400. The molecule has 3 aliphatic rings. The quantitative estimate of drug-likeness (QED) is 0.782. The summed E-state index contributed by atoms with van der Waals surface area (Å²) in [6, 6.07) is 1.32. The standard InChI is InChI=1S/C16H28N2O3/c1-16(2,3)21-15(19)17-6-4-12(5-7-17)9-18-13-8-14(18)11-20-10-13/h12-14H,4-11H2,1-3H3. The van der Waals surface area contributed by atoms with Crippen LogP contribution in [-0.2, 0) is 9.47 Å². The number of likely N-dealkylation sites (tertiary alicyclic amines) is 1. The summed E-state index contributed by atoms with van der Waals surface area (Å²) in [5.41, 5.74) is -0.400. The molecule has 0 aliphatic carbocycles. The first kappa shape index (κ1) is 15.1. The highest BCUT2D eigenvalue weighted by atomic mass is 16.6. The molecule has 0 aromatic carbocycles. The summed E-state index contributed by atoms with van der Waals surface area (Å²) in [5.74, 6) is 0.715. The average Bonchev–Trinajstić information content (AvgIpc) is 2.44. The summed E-state index contributed by atoms with van der Waals surface area (Å²) in [6.45, 7) is 10.4. The van der Waals surface area contributed by atoms with Crippen LogP contribution in [0.25, 0.3) is 0 Å². The topological polar surface area (TPSA) is 42.0 Å². The van der Waals surface area contributed by atoms with Gasteiger partial charge in [0.2, 0.25) is 0 Å². The molecule has 0 aromatic rings. The van der Waals surface area contributed by atoms with Crippen molar-refractivity contribution in [2.24, 2.45) is 5.92 Å². The van der Waals surface area contributed by atoms with E-state index in [0.717, 1.165) is 39.1 Å². The number of ether oxygens (including phenoxy) is 2. The van der Waals surface area contributed by atoms with Crippen LogP contribution >= 0.6 is 0 Å². The van der Waals surface area contributed by atoms with Crippen LogP contribution in [0.5, 0.6) is 0 Å². The third-order valence-corrected chi connectivity index (χ3v) is 4.84. The molecule has 120 valence electrons. The Labute approximate surface area is 127 Å². The molecule has 0 aromatic heterocycles. The molecule has 21 heavy (non-hydrogen) atoms. The Morgan fingerprint density at radius 3 is 2.33 bits per heavy atom. The van der Waals surface area contributed by atoms with Crippen LogP contribution in [0, 0.1) is 5.92 Å². The number of piperidine rings is 1. The van der Waals surface area contributed by atoms with Crippen molar-refractivity contribution in [2.45, 2.75) is 57.7 Å². The third-order valence-electron chi connectivity index (χ3n) is 4.84. The lowest BCUT2D eigenvalue weighted by Gasteiger charge is -2.54. The molecule has 3 rings (SSSR count). The summed E-state index contributed by atoms with van der Waals surface area (Å²) >= 11 is 0. The Morgan fingerprint density at radius 1 is 1.19 bits per heavy atom. The smallest absolute Gasteiger partial charge is 0.410 e. The van der Waals surface area contributed by atoms with E-state index in [4.69, 9.17) is 9.47 Å². The molecule has 1 amide bonds. The SMILES string of the molecule is CC(C)(C)OC(=O)N1CCC(CN2C3COCC2C3)CC1. The van der Waals surface area contributed by atoms with Crippen molar-refractivity contribution in [1.29, 1.82) is 0 Å². The van der Waals surface area contributed by atoms with Gasteiger partial charge in [-0.3, -0.25) is 4.90 Å². The molecule has 3 heterocycles. The fourth-order valence-corrected chi connectivity index (χ4v) is 3.63. The number of hydrogen-bond acceptors (Lipinski definition) is 4. The Kier molecular flexibility index (Phi) is 4.14. The summed E-state index contributed by atoms with van der Waals surface area (Å²) in [5, 5.41) is 0. The van der Waals surface area contributed by atoms with Gasteiger partial charge in [-0.15, -0.1) is 0 Å².